The van der Waals surface area contributed by atoms with Gasteiger partial charge in [-0.15, -0.1) is 0 Å². The maximum atomic E-state index is 6.03. The van der Waals surface area contributed by atoms with Gasteiger partial charge in [0.1, 0.15) is 0 Å². The Balaban J connectivity index is 2.14. The summed E-state index contributed by atoms with van der Waals surface area (Å²) < 4.78 is 16.2. The molecule has 0 amide bonds. The van der Waals surface area contributed by atoms with Gasteiger partial charge in [0.2, 0.25) is 0 Å². The van der Waals surface area contributed by atoms with Gasteiger partial charge in [-0.3, -0.25) is 0 Å². The number of nitrogens with two attached hydrogens (primary N) is 1. The predicted octanol–water partition coefficient (Wildman–Crippen LogP) is 2.27. The topological polar surface area (TPSA) is 65.7 Å². The number of rotatable bonds is 5. The minimum atomic E-state index is 0.211. The van der Waals surface area contributed by atoms with E-state index in [4.69, 9.17) is 19.9 Å². The number of benzene rings is 1. The highest BCUT2D eigenvalue weighted by molar-refractivity contribution is 5.72. The third-order valence-electron chi connectivity index (χ3n) is 3.46. The predicted molar refractivity (Wildman–Crippen MR) is 76.0 cm³/mol. The molecule has 0 aromatic heterocycles. The van der Waals surface area contributed by atoms with Crippen molar-refractivity contribution in [2.75, 3.05) is 31.9 Å². The van der Waals surface area contributed by atoms with Gasteiger partial charge in [-0.1, -0.05) is 0 Å². The highest BCUT2D eigenvalue weighted by atomic mass is 16.5. The van der Waals surface area contributed by atoms with Crippen LogP contribution in [-0.2, 0) is 4.74 Å². The average Bonchev–Trinajstić information content (AvgIpc) is 2.94. The van der Waals surface area contributed by atoms with Gasteiger partial charge < -0.3 is 25.3 Å². The first-order valence-corrected chi connectivity index (χ1v) is 6.55. The minimum Gasteiger partial charge on any atom is -0.493 e. The van der Waals surface area contributed by atoms with Crippen molar-refractivity contribution in [3.63, 3.8) is 0 Å². The van der Waals surface area contributed by atoms with Crippen LogP contribution in [0, 0.1) is 0 Å². The highest BCUT2D eigenvalue weighted by Crippen LogP contribution is 2.35. The summed E-state index contributed by atoms with van der Waals surface area (Å²) in [4.78, 5) is 0. The van der Waals surface area contributed by atoms with Crippen LogP contribution in [-0.4, -0.2) is 33.0 Å². The Bertz CT molecular complexity index is 431. The molecule has 1 aliphatic heterocycles. The summed E-state index contributed by atoms with van der Waals surface area (Å²) in [6, 6.07) is 3.84. The van der Waals surface area contributed by atoms with E-state index in [9.17, 15) is 0 Å². The Morgan fingerprint density at radius 1 is 1.32 bits per heavy atom. The molecule has 1 saturated heterocycles. The van der Waals surface area contributed by atoms with Gasteiger partial charge in [-0.2, -0.15) is 0 Å². The minimum absolute atomic E-state index is 0.211. The van der Waals surface area contributed by atoms with Crippen molar-refractivity contribution < 1.29 is 14.2 Å². The molecule has 1 fully saturated rings. The number of hydrogen-bond acceptors (Lipinski definition) is 5. The zero-order chi connectivity index (χ0) is 13.8. The third kappa shape index (κ3) is 3.04. The SMILES string of the molecule is COc1cc(N)c(NC(C)C2CCCO2)cc1OC. The quantitative estimate of drug-likeness (QED) is 0.800. The lowest BCUT2D eigenvalue weighted by Crippen LogP contribution is -2.30. The fourth-order valence-electron chi connectivity index (χ4n) is 2.35. The van der Waals surface area contributed by atoms with E-state index < -0.39 is 0 Å². The lowest BCUT2D eigenvalue weighted by molar-refractivity contribution is 0.0997. The second kappa shape index (κ2) is 6.02. The van der Waals surface area contributed by atoms with Gasteiger partial charge >= 0.3 is 0 Å². The van der Waals surface area contributed by atoms with Crippen molar-refractivity contribution >= 4 is 11.4 Å². The number of nitrogen functional groups attached to an aromatic ring is 1. The van der Waals surface area contributed by atoms with Crippen LogP contribution < -0.4 is 20.5 Å². The molecule has 5 heteroatoms. The molecule has 1 heterocycles. The van der Waals surface area contributed by atoms with Crippen LogP contribution in [0.3, 0.4) is 0 Å². The summed E-state index contributed by atoms with van der Waals surface area (Å²) in [7, 11) is 3.21. The molecule has 0 saturated carbocycles. The summed E-state index contributed by atoms with van der Waals surface area (Å²) in [5.74, 6) is 1.30. The van der Waals surface area contributed by atoms with E-state index in [1.54, 1.807) is 20.3 Å². The Morgan fingerprint density at radius 2 is 2.00 bits per heavy atom. The molecule has 2 rings (SSSR count). The van der Waals surface area contributed by atoms with Gasteiger partial charge in [-0.05, 0) is 19.8 Å². The molecular weight excluding hydrogens is 244 g/mol. The molecular formula is C14H22N2O3. The van der Waals surface area contributed by atoms with Crippen LogP contribution in [0.1, 0.15) is 19.8 Å². The molecule has 0 spiro atoms. The molecule has 0 radical (unpaired) electrons. The van der Waals surface area contributed by atoms with E-state index >= 15 is 0 Å². The summed E-state index contributed by atoms with van der Waals surface area (Å²) >= 11 is 0. The van der Waals surface area contributed by atoms with E-state index in [2.05, 4.69) is 12.2 Å². The molecule has 3 N–H and O–H groups in total. The Kier molecular flexibility index (Phi) is 4.37. The van der Waals surface area contributed by atoms with Gasteiger partial charge in [0.05, 0.1) is 31.7 Å². The van der Waals surface area contributed by atoms with E-state index in [0.29, 0.717) is 17.2 Å². The molecule has 5 nitrogen and oxygen atoms in total. The fraction of sp³-hybridized carbons (Fsp3) is 0.571. The van der Waals surface area contributed by atoms with E-state index in [1.165, 1.54) is 0 Å². The van der Waals surface area contributed by atoms with Crippen LogP contribution >= 0.6 is 0 Å². The maximum Gasteiger partial charge on any atom is 0.162 e. The second-order valence-electron chi connectivity index (χ2n) is 4.78. The van der Waals surface area contributed by atoms with Crippen molar-refractivity contribution in [1.82, 2.24) is 0 Å². The number of hydrogen-bond donors (Lipinski definition) is 2. The van der Waals surface area contributed by atoms with Crippen molar-refractivity contribution in [2.45, 2.75) is 31.9 Å². The summed E-state index contributed by atoms with van der Waals surface area (Å²) in [6.45, 7) is 2.95. The molecule has 19 heavy (non-hydrogen) atoms. The smallest absolute Gasteiger partial charge is 0.162 e. The molecule has 106 valence electrons. The van der Waals surface area contributed by atoms with Gasteiger partial charge in [-0.25, -0.2) is 0 Å². The molecule has 1 aliphatic rings. The molecule has 1 aromatic rings. The van der Waals surface area contributed by atoms with Crippen LogP contribution in [0.4, 0.5) is 11.4 Å². The van der Waals surface area contributed by atoms with Crippen molar-refractivity contribution in [2.24, 2.45) is 0 Å². The van der Waals surface area contributed by atoms with Crippen molar-refractivity contribution in [3.8, 4) is 11.5 Å². The first-order chi connectivity index (χ1) is 9.15. The molecule has 2 atom stereocenters. The van der Waals surface area contributed by atoms with Crippen molar-refractivity contribution in [3.05, 3.63) is 12.1 Å². The van der Waals surface area contributed by atoms with Crippen LogP contribution in [0.15, 0.2) is 12.1 Å². The lowest BCUT2D eigenvalue weighted by Gasteiger charge is -2.23. The zero-order valence-corrected chi connectivity index (χ0v) is 11.7. The van der Waals surface area contributed by atoms with Crippen LogP contribution in [0.25, 0.3) is 0 Å². The Hall–Kier alpha value is -1.62. The summed E-state index contributed by atoms with van der Waals surface area (Å²) in [6.07, 6.45) is 2.45. The van der Waals surface area contributed by atoms with E-state index in [0.717, 1.165) is 25.1 Å². The Labute approximate surface area is 114 Å². The number of nitrogens with one attached hydrogen (secondary N) is 1. The molecule has 2 unspecified atom stereocenters. The van der Waals surface area contributed by atoms with Crippen molar-refractivity contribution in [1.29, 1.82) is 0 Å². The number of methoxy groups -OCH3 is 2. The number of ether oxygens (including phenoxy) is 3. The van der Waals surface area contributed by atoms with Gasteiger partial charge in [0.15, 0.2) is 11.5 Å². The number of anilines is 2. The lowest BCUT2D eigenvalue weighted by atomic mass is 10.1. The average molecular weight is 266 g/mol. The largest absolute Gasteiger partial charge is 0.493 e. The third-order valence-corrected chi connectivity index (χ3v) is 3.46. The van der Waals surface area contributed by atoms with Gasteiger partial charge in [0, 0.05) is 24.8 Å². The van der Waals surface area contributed by atoms with Gasteiger partial charge in [0.25, 0.3) is 0 Å². The zero-order valence-electron chi connectivity index (χ0n) is 11.7. The van der Waals surface area contributed by atoms with E-state index in [1.807, 2.05) is 6.07 Å². The van der Waals surface area contributed by atoms with Crippen LogP contribution in [0.5, 0.6) is 11.5 Å². The first kappa shape index (κ1) is 13.8. The highest BCUT2D eigenvalue weighted by Gasteiger charge is 2.23. The fourth-order valence-corrected chi connectivity index (χ4v) is 2.35. The summed E-state index contributed by atoms with van der Waals surface area (Å²) in [5, 5.41) is 3.39. The Morgan fingerprint density at radius 3 is 2.58 bits per heavy atom. The molecule has 1 aromatic carbocycles. The second-order valence-corrected chi connectivity index (χ2v) is 4.78. The summed E-state index contributed by atoms with van der Waals surface area (Å²) in [5.41, 5.74) is 7.52. The molecule has 0 bridgehead atoms. The van der Waals surface area contributed by atoms with Crippen LogP contribution in [0.2, 0.25) is 0 Å². The first-order valence-electron chi connectivity index (χ1n) is 6.55. The standard InChI is InChI=1S/C14H22N2O3/c1-9(12-5-4-6-19-12)16-11-8-14(18-3)13(17-2)7-10(11)15/h7-9,12,16H,4-6,15H2,1-3H3. The molecule has 0 aliphatic carbocycles. The monoisotopic (exact) mass is 266 g/mol. The maximum absolute atomic E-state index is 6.03. The normalized spacial score (nSPS) is 20.1. The van der Waals surface area contributed by atoms with E-state index in [-0.39, 0.29) is 12.1 Å².